The van der Waals surface area contributed by atoms with Crippen LogP contribution in [0.3, 0.4) is 0 Å². The fourth-order valence-electron chi connectivity index (χ4n) is 5.15. The fourth-order valence-corrected chi connectivity index (χ4v) is 5.15. The van der Waals surface area contributed by atoms with Crippen LogP contribution in [0.1, 0.15) is 41.1 Å². The van der Waals surface area contributed by atoms with Gasteiger partial charge in [-0.2, -0.15) is 0 Å². The Hall–Kier alpha value is -3.85. The maximum Gasteiger partial charge on any atom is 0.270 e. The molecule has 4 aliphatic rings. The third-order valence-electron chi connectivity index (χ3n) is 7.27. The molecule has 0 saturated carbocycles. The van der Waals surface area contributed by atoms with Gasteiger partial charge in [-0.1, -0.05) is 35.5 Å². The van der Waals surface area contributed by atoms with Crippen LogP contribution in [0.15, 0.2) is 59.1 Å². The number of carbonyl (C=O) groups excluding carboxylic acids is 2. The lowest BCUT2D eigenvalue weighted by atomic mass is 10.0. The molecule has 37 heavy (non-hydrogen) atoms. The highest BCUT2D eigenvalue weighted by Gasteiger charge is 2.30. The standard InChI is InChI=1S/C17H23N3O2.C11H10N2O2/c1-18-15-12-14(2-3-16(15)22-11-6-17(18)21)20-10-9-19-7-4-13(20)5-8-19;12-11(14)10-7-9(15-13-10)6-8-4-2-1-3-5-8/h2-3,12-13H,4-11H2,1H3;1-5,7H,6H2,(H2,12,14). The number of ether oxygens (including phenoxy) is 1. The average molecular weight is 504 g/mol. The number of aromatic nitrogens is 1. The second-order valence-electron chi connectivity index (χ2n) is 9.67. The van der Waals surface area contributed by atoms with Crippen molar-refractivity contribution in [1.29, 1.82) is 0 Å². The normalized spacial score (nSPS) is 20.7. The Balaban J connectivity index is 0.000000164. The van der Waals surface area contributed by atoms with Crippen molar-refractivity contribution in [1.82, 2.24) is 10.1 Å². The maximum atomic E-state index is 12.1. The first kappa shape index (κ1) is 24.8. The smallest absolute Gasteiger partial charge is 0.270 e. The second kappa shape index (κ2) is 11.0. The van der Waals surface area contributed by atoms with Crippen LogP contribution in [0, 0.1) is 0 Å². The quantitative estimate of drug-likeness (QED) is 0.583. The molecule has 0 spiro atoms. The zero-order valence-electron chi connectivity index (χ0n) is 21.1. The number of nitrogens with zero attached hydrogens (tertiary/aromatic N) is 4. The highest BCUT2D eigenvalue weighted by molar-refractivity contribution is 5.95. The first-order valence-corrected chi connectivity index (χ1v) is 12.8. The predicted octanol–water partition coefficient (Wildman–Crippen LogP) is 3.08. The van der Waals surface area contributed by atoms with Crippen LogP contribution < -0.4 is 20.3 Å². The fraction of sp³-hybridized carbons (Fsp3) is 0.393. The summed E-state index contributed by atoms with van der Waals surface area (Å²) in [5, 5.41) is 3.56. The highest BCUT2D eigenvalue weighted by atomic mass is 16.5. The number of hydrogen-bond acceptors (Lipinski definition) is 7. The van der Waals surface area contributed by atoms with Gasteiger partial charge < -0.3 is 29.7 Å². The molecule has 2 N–H and O–H groups in total. The van der Waals surface area contributed by atoms with Gasteiger partial charge in [-0.3, -0.25) is 9.59 Å². The Morgan fingerprint density at radius 3 is 2.57 bits per heavy atom. The molecule has 2 amide bonds. The number of amides is 2. The van der Waals surface area contributed by atoms with Gasteiger partial charge >= 0.3 is 0 Å². The summed E-state index contributed by atoms with van der Waals surface area (Å²) in [6.45, 7) is 5.11. The minimum atomic E-state index is -0.571. The lowest BCUT2D eigenvalue weighted by Crippen LogP contribution is -2.38. The molecule has 0 radical (unpaired) electrons. The largest absolute Gasteiger partial charge is 0.491 e. The summed E-state index contributed by atoms with van der Waals surface area (Å²) in [4.78, 5) is 29.7. The van der Waals surface area contributed by atoms with Crippen molar-refractivity contribution in [2.45, 2.75) is 31.7 Å². The van der Waals surface area contributed by atoms with Crippen molar-refractivity contribution in [3.8, 4) is 5.75 Å². The number of hydrogen-bond donors (Lipinski definition) is 1. The van der Waals surface area contributed by atoms with Crippen LogP contribution in [0.25, 0.3) is 0 Å². The van der Waals surface area contributed by atoms with Crippen molar-refractivity contribution in [3.63, 3.8) is 0 Å². The average Bonchev–Trinajstić information content (AvgIpc) is 3.09. The second-order valence-corrected chi connectivity index (χ2v) is 9.67. The summed E-state index contributed by atoms with van der Waals surface area (Å²) in [5.41, 5.74) is 8.45. The van der Waals surface area contributed by atoms with Crippen molar-refractivity contribution < 1.29 is 18.8 Å². The summed E-state index contributed by atoms with van der Waals surface area (Å²) in [6.07, 6.45) is 3.54. The maximum absolute atomic E-state index is 12.1. The van der Waals surface area contributed by atoms with Crippen LogP contribution in [0.4, 0.5) is 11.4 Å². The van der Waals surface area contributed by atoms with Crippen LogP contribution >= 0.6 is 0 Å². The molecule has 0 atom stereocenters. The minimum Gasteiger partial charge on any atom is -0.491 e. The molecule has 4 aliphatic heterocycles. The number of rotatable bonds is 4. The number of piperidine rings is 1. The molecular weight excluding hydrogens is 470 g/mol. The summed E-state index contributed by atoms with van der Waals surface area (Å²) in [5.74, 6) is 1.01. The van der Waals surface area contributed by atoms with Gasteiger partial charge in [0.15, 0.2) is 5.69 Å². The van der Waals surface area contributed by atoms with E-state index in [1.807, 2.05) is 43.4 Å². The van der Waals surface area contributed by atoms with E-state index in [2.05, 4.69) is 27.1 Å². The zero-order chi connectivity index (χ0) is 25.8. The molecule has 2 aromatic carbocycles. The number of benzene rings is 2. The van der Waals surface area contributed by atoms with Crippen molar-refractivity contribution >= 4 is 23.2 Å². The lowest BCUT2D eigenvalue weighted by molar-refractivity contribution is -0.118. The lowest BCUT2D eigenvalue weighted by Gasteiger charge is -2.33. The highest BCUT2D eigenvalue weighted by Crippen LogP contribution is 2.36. The molecule has 0 aliphatic carbocycles. The summed E-state index contributed by atoms with van der Waals surface area (Å²) in [6, 6.07) is 18.3. The molecular formula is C28H33N5O4. The Morgan fingerprint density at radius 2 is 1.84 bits per heavy atom. The predicted molar refractivity (Wildman–Crippen MR) is 141 cm³/mol. The molecule has 1 aromatic heterocycles. The van der Waals surface area contributed by atoms with E-state index in [-0.39, 0.29) is 11.6 Å². The van der Waals surface area contributed by atoms with E-state index in [9.17, 15) is 9.59 Å². The Morgan fingerprint density at radius 1 is 1.05 bits per heavy atom. The van der Waals surface area contributed by atoms with Crippen LogP contribution in [0.5, 0.6) is 5.75 Å². The summed E-state index contributed by atoms with van der Waals surface area (Å²) >= 11 is 0. The van der Waals surface area contributed by atoms with Gasteiger partial charge in [0.2, 0.25) is 5.91 Å². The molecule has 3 aromatic rings. The molecule has 5 heterocycles. The van der Waals surface area contributed by atoms with Gasteiger partial charge in [-0.15, -0.1) is 0 Å². The monoisotopic (exact) mass is 503 g/mol. The van der Waals surface area contributed by atoms with E-state index in [4.69, 9.17) is 15.0 Å². The number of nitrogens with two attached hydrogens (primary N) is 1. The molecule has 0 unspecified atom stereocenters. The number of carbonyl (C=O) groups is 2. The number of fused-ring (bicyclic) bond motifs is 5. The summed E-state index contributed by atoms with van der Waals surface area (Å²) in [7, 11) is 1.85. The first-order valence-electron chi connectivity index (χ1n) is 12.8. The molecule has 2 bridgehead atoms. The van der Waals surface area contributed by atoms with Gasteiger partial charge in [0.25, 0.3) is 5.91 Å². The van der Waals surface area contributed by atoms with Gasteiger partial charge in [0, 0.05) is 57.4 Å². The van der Waals surface area contributed by atoms with Crippen molar-refractivity contribution in [2.24, 2.45) is 5.73 Å². The van der Waals surface area contributed by atoms with E-state index in [1.54, 1.807) is 11.0 Å². The number of primary amides is 1. The third-order valence-corrected chi connectivity index (χ3v) is 7.27. The minimum absolute atomic E-state index is 0.124. The van der Waals surface area contributed by atoms with E-state index in [0.717, 1.165) is 30.1 Å². The molecule has 3 fully saturated rings. The van der Waals surface area contributed by atoms with E-state index in [0.29, 0.717) is 31.3 Å². The van der Waals surface area contributed by atoms with E-state index < -0.39 is 5.91 Å². The molecule has 9 nitrogen and oxygen atoms in total. The summed E-state index contributed by atoms with van der Waals surface area (Å²) < 4.78 is 10.7. The van der Waals surface area contributed by atoms with E-state index in [1.165, 1.54) is 31.6 Å². The van der Waals surface area contributed by atoms with Crippen LogP contribution in [-0.2, 0) is 11.2 Å². The van der Waals surface area contributed by atoms with Crippen molar-refractivity contribution in [3.05, 3.63) is 71.6 Å². The Kier molecular flexibility index (Phi) is 7.41. The van der Waals surface area contributed by atoms with Crippen LogP contribution in [-0.4, -0.2) is 67.7 Å². The SMILES string of the molecule is CN1C(=O)CCOc2ccc(N3CCN4CCC3CC4)cc21.NC(=O)c1cc(Cc2ccccc2)on1. The topological polar surface area (TPSA) is 105 Å². The first-order chi connectivity index (χ1) is 18.0. The number of anilines is 2. The molecule has 9 heteroatoms. The van der Waals surface area contributed by atoms with Gasteiger partial charge in [0.1, 0.15) is 11.5 Å². The van der Waals surface area contributed by atoms with Gasteiger partial charge in [0.05, 0.1) is 18.7 Å². The van der Waals surface area contributed by atoms with Gasteiger partial charge in [-0.05, 0) is 36.6 Å². The molecule has 194 valence electrons. The van der Waals surface area contributed by atoms with Crippen LogP contribution in [0.2, 0.25) is 0 Å². The van der Waals surface area contributed by atoms with Gasteiger partial charge in [-0.25, -0.2) is 0 Å². The Bertz CT molecular complexity index is 1240. The zero-order valence-corrected chi connectivity index (χ0v) is 21.1. The molecule has 7 rings (SSSR count). The molecule has 3 saturated heterocycles. The van der Waals surface area contributed by atoms with E-state index >= 15 is 0 Å². The third kappa shape index (κ3) is 5.77. The van der Waals surface area contributed by atoms with Crippen molar-refractivity contribution in [2.75, 3.05) is 49.6 Å². The Labute approximate surface area is 216 Å².